The summed E-state index contributed by atoms with van der Waals surface area (Å²) in [5.74, 6) is 3.38. The van der Waals surface area contributed by atoms with E-state index in [0.717, 1.165) is 70.0 Å². The Morgan fingerprint density at radius 2 is 1.74 bits per heavy atom. The van der Waals surface area contributed by atoms with E-state index in [-0.39, 0.29) is 5.56 Å². The molecule has 3 aromatic heterocycles. The van der Waals surface area contributed by atoms with Crippen LogP contribution < -0.4 is 10.5 Å². The molecule has 0 aromatic carbocycles. The average molecular weight is 441 g/mol. The van der Waals surface area contributed by atoms with Gasteiger partial charge in [0, 0.05) is 48.7 Å². The fourth-order valence-corrected chi connectivity index (χ4v) is 4.96. The van der Waals surface area contributed by atoms with Gasteiger partial charge >= 0.3 is 0 Å². The molecule has 1 aliphatic heterocycles. The van der Waals surface area contributed by atoms with E-state index in [9.17, 15) is 4.79 Å². The fraction of sp³-hybridized carbons (Fsp3) is 0.565. The van der Waals surface area contributed by atoms with E-state index in [0.29, 0.717) is 18.4 Å². The number of nitrogens with one attached hydrogen (secondary N) is 1. The second-order valence-electron chi connectivity index (χ2n) is 9.06. The zero-order valence-corrected chi connectivity index (χ0v) is 20.1. The third-order valence-corrected chi connectivity index (χ3v) is 7.12. The topological polar surface area (TPSA) is 78.0 Å². The zero-order chi connectivity index (χ0) is 22.3. The molecular weight excluding hydrogens is 408 g/mol. The van der Waals surface area contributed by atoms with Gasteiger partial charge in [0.25, 0.3) is 5.56 Å². The normalized spacial score (nSPS) is 15.5. The van der Waals surface area contributed by atoms with Crippen molar-refractivity contribution in [2.75, 3.05) is 31.1 Å². The van der Waals surface area contributed by atoms with Crippen molar-refractivity contribution in [1.82, 2.24) is 24.8 Å². The van der Waals surface area contributed by atoms with Gasteiger partial charge in [-0.3, -0.25) is 9.69 Å². The van der Waals surface area contributed by atoms with Crippen molar-refractivity contribution in [2.45, 2.75) is 59.9 Å². The van der Waals surface area contributed by atoms with Crippen LogP contribution in [0.25, 0.3) is 10.2 Å². The minimum absolute atomic E-state index is 0.0242. The van der Waals surface area contributed by atoms with Crippen LogP contribution in [-0.4, -0.2) is 51.0 Å². The average Bonchev–Trinajstić information content (AvgIpc) is 3.02. The van der Waals surface area contributed by atoms with Crippen LogP contribution in [0.4, 0.5) is 5.82 Å². The lowest BCUT2D eigenvalue weighted by Gasteiger charge is -2.35. The first kappa shape index (κ1) is 21.9. The predicted molar refractivity (Wildman–Crippen MR) is 127 cm³/mol. The molecule has 1 saturated heterocycles. The molecule has 0 aliphatic carbocycles. The smallest absolute Gasteiger partial charge is 0.259 e. The van der Waals surface area contributed by atoms with Gasteiger partial charge in [0.05, 0.1) is 11.9 Å². The zero-order valence-electron chi connectivity index (χ0n) is 19.3. The SMILES string of the molecule is Cc1sc2nc(CN3CCN(c4cc(C(C)C)nc(C(C)C)n4)CC3)[nH]c(=O)c2c1C. The van der Waals surface area contributed by atoms with Gasteiger partial charge in [0.15, 0.2) is 0 Å². The molecule has 0 atom stereocenters. The Kier molecular flexibility index (Phi) is 6.12. The summed E-state index contributed by atoms with van der Waals surface area (Å²) in [6, 6.07) is 2.14. The van der Waals surface area contributed by atoms with E-state index in [2.05, 4.69) is 48.5 Å². The van der Waals surface area contributed by atoms with E-state index in [1.807, 2.05) is 13.8 Å². The lowest BCUT2D eigenvalue weighted by atomic mass is 10.1. The second-order valence-corrected chi connectivity index (χ2v) is 10.3. The number of anilines is 1. The van der Waals surface area contributed by atoms with E-state index in [1.165, 1.54) is 0 Å². The number of thiophene rings is 1. The van der Waals surface area contributed by atoms with Crippen LogP contribution in [-0.2, 0) is 6.54 Å². The lowest BCUT2D eigenvalue weighted by molar-refractivity contribution is 0.243. The Labute approximate surface area is 187 Å². The Bertz CT molecular complexity index is 1110. The van der Waals surface area contributed by atoms with Gasteiger partial charge < -0.3 is 9.88 Å². The van der Waals surface area contributed by atoms with Crippen LogP contribution in [0.3, 0.4) is 0 Å². The molecule has 1 aliphatic rings. The van der Waals surface area contributed by atoms with Crippen molar-refractivity contribution in [1.29, 1.82) is 0 Å². The van der Waals surface area contributed by atoms with Crippen molar-refractivity contribution in [3.05, 3.63) is 44.2 Å². The van der Waals surface area contributed by atoms with Gasteiger partial charge in [-0.2, -0.15) is 0 Å². The molecule has 0 saturated carbocycles. The number of aromatic nitrogens is 4. The summed E-state index contributed by atoms with van der Waals surface area (Å²) >= 11 is 1.60. The summed E-state index contributed by atoms with van der Waals surface area (Å²) in [7, 11) is 0. The van der Waals surface area contributed by atoms with E-state index >= 15 is 0 Å². The molecule has 0 radical (unpaired) electrons. The fourth-order valence-electron chi connectivity index (χ4n) is 3.91. The largest absolute Gasteiger partial charge is 0.354 e. The number of H-pyrrole nitrogens is 1. The molecule has 0 amide bonds. The Morgan fingerprint density at radius 3 is 2.39 bits per heavy atom. The highest BCUT2D eigenvalue weighted by molar-refractivity contribution is 7.18. The van der Waals surface area contributed by atoms with Crippen molar-refractivity contribution in [3.63, 3.8) is 0 Å². The number of aromatic amines is 1. The molecule has 4 heterocycles. The van der Waals surface area contributed by atoms with Crippen LogP contribution >= 0.6 is 11.3 Å². The molecular formula is C23H32N6OS. The maximum absolute atomic E-state index is 12.6. The molecule has 0 bridgehead atoms. The van der Waals surface area contributed by atoms with Crippen molar-refractivity contribution in [3.8, 4) is 0 Å². The van der Waals surface area contributed by atoms with E-state index in [1.54, 1.807) is 11.3 Å². The van der Waals surface area contributed by atoms with Crippen LogP contribution in [0, 0.1) is 13.8 Å². The van der Waals surface area contributed by atoms with Crippen molar-refractivity contribution in [2.24, 2.45) is 0 Å². The minimum atomic E-state index is -0.0242. The van der Waals surface area contributed by atoms with Gasteiger partial charge in [-0.1, -0.05) is 27.7 Å². The highest BCUT2D eigenvalue weighted by Crippen LogP contribution is 2.26. The molecule has 7 nitrogen and oxygen atoms in total. The minimum Gasteiger partial charge on any atom is -0.354 e. The third-order valence-electron chi connectivity index (χ3n) is 6.02. The highest BCUT2D eigenvalue weighted by atomic mass is 32.1. The first-order valence-corrected chi connectivity index (χ1v) is 11.9. The predicted octanol–water partition coefficient (Wildman–Crippen LogP) is 3.96. The highest BCUT2D eigenvalue weighted by Gasteiger charge is 2.22. The van der Waals surface area contributed by atoms with Crippen LogP contribution in [0.5, 0.6) is 0 Å². The molecule has 4 rings (SSSR count). The Hall–Kier alpha value is -2.32. The number of aryl methyl sites for hydroxylation is 2. The summed E-state index contributed by atoms with van der Waals surface area (Å²) < 4.78 is 0. The van der Waals surface area contributed by atoms with Gasteiger partial charge in [0.1, 0.15) is 22.3 Å². The Balaban J connectivity index is 1.47. The summed E-state index contributed by atoms with van der Waals surface area (Å²) in [4.78, 5) is 36.6. The van der Waals surface area contributed by atoms with Gasteiger partial charge in [-0.05, 0) is 25.3 Å². The number of hydrogen-bond donors (Lipinski definition) is 1. The molecule has 1 fully saturated rings. The molecule has 166 valence electrons. The number of piperazine rings is 1. The number of nitrogens with zero attached hydrogens (tertiary/aromatic N) is 5. The standard InChI is InChI=1S/C23H32N6OS/c1-13(2)17-11-19(27-21(24-17)14(3)4)29-9-7-28(8-10-29)12-18-25-22(30)20-15(5)16(6)31-23(20)26-18/h11,13-14H,7-10,12H2,1-6H3,(H,25,26,30). The third kappa shape index (κ3) is 4.50. The molecule has 1 N–H and O–H groups in total. The second kappa shape index (κ2) is 8.67. The van der Waals surface area contributed by atoms with Crippen LogP contribution in [0.1, 0.15) is 67.3 Å². The first-order valence-electron chi connectivity index (χ1n) is 11.1. The van der Waals surface area contributed by atoms with Gasteiger partial charge in [-0.25, -0.2) is 15.0 Å². The Morgan fingerprint density at radius 1 is 1.03 bits per heavy atom. The monoisotopic (exact) mass is 440 g/mol. The molecule has 0 unspecified atom stereocenters. The molecule has 8 heteroatoms. The summed E-state index contributed by atoms with van der Waals surface area (Å²) in [5, 5.41) is 0.738. The van der Waals surface area contributed by atoms with Crippen molar-refractivity contribution < 1.29 is 0 Å². The molecule has 0 spiro atoms. The number of fused-ring (bicyclic) bond motifs is 1. The summed E-state index contributed by atoms with van der Waals surface area (Å²) in [5.41, 5.74) is 2.12. The van der Waals surface area contributed by atoms with E-state index in [4.69, 9.17) is 15.0 Å². The molecule has 31 heavy (non-hydrogen) atoms. The molecule has 3 aromatic rings. The number of rotatable bonds is 5. The number of hydrogen-bond acceptors (Lipinski definition) is 7. The quantitative estimate of drug-likeness (QED) is 0.647. The summed E-state index contributed by atoms with van der Waals surface area (Å²) in [6.45, 7) is 16.9. The lowest BCUT2D eigenvalue weighted by Crippen LogP contribution is -2.46. The van der Waals surface area contributed by atoms with Crippen LogP contribution in [0.15, 0.2) is 10.9 Å². The summed E-state index contributed by atoms with van der Waals surface area (Å²) in [6.07, 6.45) is 0. The first-order chi connectivity index (χ1) is 14.7. The van der Waals surface area contributed by atoms with Crippen molar-refractivity contribution >= 4 is 27.4 Å². The van der Waals surface area contributed by atoms with Crippen LogP contribution in [0.2, 0.25) is 0 Å². The maximum atomic E-state index is 12.6. The van der Waals surface area contributed by atoms with E-state index < -0.39 is 0 Å². The van der Waals surface area contributed by atoms with Gasteiger partial charge in [-0.15, -0.1) is 11.3 Å². The maximum Gasteiger partial charge on any atom is 0.259 e. The van der Waals surface area contributed by atoms with Gasteiger partial charge in [0.2, 0.25) is 0 Å².